The second kappa shape index (κ2) is 4.40. The van der Waals surface area contributed by atoms with Crippen LogP contribution < -0.4 is 5.32 Å². The Kier molecular flexibility index (Phi) is 4.27. The van der Waals surface area contributed by atoms with Crippen molar-refractivity contribution in [3.8, 4) is 0 Å². The van der Waals surface area contributed by atoms with Gasteiger partial charge in [-0.05, 0) is 13.3 Å². The first kappa shape index (κ1) is 13.6. The average Bonchev–Trinajstić information content (AvgIpc) is 2.01. The highest BCUT2D eigenvalue weighted by atomic mass is 16.4. The van der Waals surface area contributed by atoms with Crippen molar-refractivity contribution in [3.05, 3.63) is 0 Å². The highest BCUT2D eigenvalue weighted by Crippen LogP contribution is 2.14. The molecule has 0 aliphatic rings. The maximum Gasteiger partial charge on any atom is 0.315 e. The Morgan fingerprint density at radius 1 is 1.50 bits per heavy atom. The zero-order valence-corrected chi connectivity index (χ0v) is 8.32. The molecule has 1 unspecified atom stereocenters. The zero-order chi connectivity index (χ0) is 11.6. The number of aliphatic hydroxyl groups is 1. The van der Waals surface area contributed by atoms with Crippen molar-refractivity contribution < 1.29 is 15.0 Å². The fraction of sp³-hybridized carbons (Fsp3) is 0.857. The first-order chi connectivity index (χ1) is 6.15. The van der Waals surface area contributed by atoms with Gasteiger partial charge in [0.15, 0.2) is 0 Å². The summed E-state index contributed by atoms with van der Waals surface area (Å²) in [4.78, 5) is 10.8. The van der Waals surface area contributed by atoms with Crippen LogP contribution in [0, 0.1) is 0 Å². The van der Waals surface area contributed by atoms with Crippen molar-refractivity contribution in [1.29, 1.82) is 0 Å². The smallest absolute Gasteiger partial charge is 0.315 e. The number of carboxylic acid groups (broad SMARTS) is 1. The van der Waals surface area contributed by atoms with Crippen LogP contribution in [-0.4, -0.2) is 56.6 Å². The Bertz CT molecular complexity index is 219. The van der Waals surface area contributed by atoms with Crippen LogP contribution in [0.25, 0.3) is 0 Å². The molecule has 0 aliphatic heterocycles. The van der Waals surface area contributed by atoms with Gasteiger partial charge in [0, 0.05) is 11.4 Å². The van der Waals surface area contributed by atoms with Crippen molar-refractivity contribution in [2.24, 2.45) is 0 Å². The summed E-state index contributed by atoms with van der Waals surface area (Å²) < 4.78 is 0. The summed E-state index contributed by atoms with van der Waals surface area (Å²) in [5.41, 5.74) is -2.26. The molecule has 0 spiro atoms. The molecule has 6 radical (unpaired) electrons. The van der Waals surface area contributed by atoms with Gasteiger partial charge in [-0.3, -0.25) is 4.79 Å². The van der Waals surface area contributed by atoms with Gasteiger partial charge in [0.05, 0.1) is 5.44 Å². The largest absolute Gasteiger partial charge is 0.480 e. The summed E-state index contributed by atoms with van der Waals surface area (Å²) in [5.74, 6) is -1.51. The highest BCUT2D eigenvalue weighted by Gasteiger charge is 2.44. The van der Waals surface area contributed by atoms with Gasteiger partial charge in [0.2, 0.25) is 0 Å². The van der Waals surface area contributed by atoms with E-state index in [2.05, 4.69) is 5.32 Å². The molecule has 0 aliphatic carbocycles. The molecule has 72 valence electrons. The normalized spacial score (nSPS) is 18.5. The van der Waals surface area contributed by atoms with E-state index in [0.717, 1.165) is 0 Å². The van der Waals surface area contributed by atoms with Gasteiger partial charge < -0.3 is 15.5 Å². The molecule has 3 N–H and O–H groups in total. The topological polar surface area (TPSA) is 69.6 Å². The summed E-state index contributed by atoms with van der Waals surface area (Å²) >= 11 is 0. The molecular weight excluding hydrogens is 179 g/mol. The Labute approximate surface area is 87.7 Å². The minimum Gasteiger partial charge on any atom is -0.480 e. The van der Waals surface area contributed by atoms with E-state index in [1.165, 1.54) is 0 Å². The number of hydrogen-bond donors (Lipinski definition) is 3. The van der Waals surface area contributed by atoms with Crippen molar-refractivity contribution >= 4 is 29.5 Å². The molecule has 0 aromatic carbocycles. The van der Waals surface area contributed by atoms with E-state index in [-0.39, 0.29) is 6.04 Å². The molecule has 2 atom stereocenters. The van der Waals surface area contributed by atoms with E-state index >= 15 is 0 Å². The van der Waals surface area contributed by atoms with Gasteiger partial charge in [-0.25, -0.2) is 0 Å². The molecule has 7 heteroatoms. The van der Waals surface area contributed by atoms with Gasteiger partial charge in [0.25, 0.3) is 0 Å². The molecule has 0 aromatic rings. The third-order valence-electron chi connectivity index (χ3n) is 2.06. The molecule has 0 bridgehead atoms. The number of nitrogens with one attached hydrogen (secondary N) is 1. The van der Waals surface area contributed by atoms with Crippen LogP contribution in [0.1, 0.15) is 20.3 Å². The Balaban J connectivity index is 4.84. The van der Waals surface area contributed by atoms with Crippen molar-refractivity contribution in [1.82, 2.24) is 5.32 Å². The van der Waals surface area contributed by atoms with Crippen molar-refractivity contribution in [2.45, 2.75) is 37.1 Å². The van der Waals surface area contributed by atoms with E-state index in [9.17, 15) is 9.90 Å². The summed E-state index contributed by atoms with van der Waals surface area (Å²) in [6.45, 7) is 3.53. The van der Waals surface area contributed by atoms with Gasteiger partial charge in [-0.1, -0.05) is 6.92 Å². The van der Waals surface area contributed by atoms with Gasteiger partial charge in [-0.2, -0.15) is 0 Å². The Morgan fingerprint density at radius 2 is 1.93 bits per heavy atom. The lowest BCUT2D eigenvalue weighted by Crippen LogP contribution is -2.70. The van der Waals surface area contributed by atoms with E-state index in [4.69, 9.17) is 28.6 Å². The van der Waals surface area contributed by atoms with Gasteiger partial charge in [0.1, 0.15) is 23.5 Å². The van der Waals surface area contributed by atoms with Crippen LogP contribution in [0.4, 0.5) is 0 Å². The van der Waals surface area contributed by atoms with Crippen molar-refractivity contribution in [2.75, 3.05) is 0 Å². The quantitative estimate of drug-likeness (QED) is 0.453. The first-order valence-electron chi connectivity index (χ1n) is 4.25. The molecule has 0 heterocycles. The summed E-state index contributed by atoms with van der Waals surface area (Å²) in [6.07, 6.45) is 0.627. The van der Waals surface area contributed by atoms with Crippen LogP contribution >= 0.6 is 0 Å². The molecule has 4 nitrogen and oxygen atoms in total. The molecule has 14 heavy (non-hydrogen) atoms. The SMILES string of the molecule is [B]C([B])(O)[C@@]([B])(NC(C)CC)C(=O)O. The Hall–Kier alpha value is -0.415. The molecule has 0 saturated carbocycles. The summed E-state index contributed by atoms with van der Waals surface area (Å²) in [5, 5.41) is 18.0. The van der Waals surface area contributed by atoms with Crippen molar-refractivity contribution in [3.63, 3.8) is 0 Å². The van der Waals surface area contributed by atoms with E-state index < -0.39 is 16.8 Å². The fourth-order valence-corrected chi connectivity index (χ4v) is 0.839. The minimum absolute atomic E-state index is 0.227. The highest BCUT2D eigenvalue weighted by molar-refractivity contribution is 6.48. The maximum atomic E-state index is 10.8. The van der Waals surface area contributed by atoms with Crippen LogP contribution in [0.3, 0.4) is 0 Å². The first-order valence-corrected chi connectivity index (χ1v) is 4.25. The average molecular weight is 191 g/mol. The molecule has 0 rings (SSSR count). The lowest BCUT2D eigenvalue weighted by molar-refractivity contribution is -0.144. The molecule has 0 amide bonds. The number of rotatable bonds is 5. The zero-order valence-electron chi connectivity index (χ0n) is 8.32. The van der Waals surface area contributed by atoms with E-state index in [1.807, 2.05) is 6.92 Å². The van der Waals surface area contributed by atoms with Gasteiger partial charge in [-0.15, -0.1) is 0 Å². The summed E-state index contributed by atoms with van der Waals surface area (Å²) in [7, 11) is 15.5. The molecule has 0 fully saturated rings. The predicted octanol–water partition coefficient (Wildman–Crippen LogP) is -1.69. The molecule has 0 saturated heterocycles. The fourth-order valence-electron chi connectivity index (χ4n) is 0.839. The van der Waals surface area contributed by atoms with Crippen LogP contribution in [0.2, 0.25) is 0 Å². The number of hydrogen-bond acceptors (Lipinski definition) is 3. The van der Waals surface area contributed by atoms with Crippen LogP contribution in [0.15, 0.2) is 0 Å². The monoisotopic (exact) mass is 191 g/mol. The van der Waals surface area contributed by atoms with E-state index in [1.54, 1.807) is 6.92 Å². The lowest BCUT2D eigenvalue weighted by Gasteiger charge is -2.41. The Morgan fingerprint density at radius 3 is 2.14 bits per heavy atom. The lowest BCUT2D eigenvalue weighted by atomic mass is 9.47. The standard InChI is InChI=1S/C7H12B3NO3/c1-3-4(2)11-6(8,5(12)13)7(9,10)14/h4,11,14H,3H2,1-2H3,(H,12,13)/t4?,6-/m0/s1. The number of aliphatic carboxylic acids is 1. The second-order valence-electron chi connectivity index (χ2n) is 3.39. The number of carboxylic acids is 1. The third-order valence-corrected chi connectivity index (χ3v) is 2.06. The minimum atomic E-state index is -2.53. The van der Waals surface area contributed by atoms with Gasteiger partial charge >= 0.3 is 5.97 Å². The molecular formula is C7H12B3NO3. The van der Waals surface area contributed by atoms with Crippen LogP contribution in [0.5, 0.6) is 0 Å². The number of carbonyl (C=O) groups is 1. The maximum absolute atomic E-state index is 10.8. The predicted molar refractivity (Wildman–Crippen MR) is 55.5 cm³/mol. The van der Waals surface area contributed by atoms with Crippen LogP contribution in [-0.2, 0) is 4.79 Å². The molecule has 0 aromatic heterocycles. The summed E-state index contributed by atoms with van der Waals surface area (Å²) in [6, 6.07) is -0.227. The second-order valence-corrected chi connectivity index (χ2v) is 3.39. The third kappa shape index (κ3) is 2.79. The van der Waals surface area contributed by atoms with E-state index in [0.29, 0.717) is 6.42 Å².